The summed E-state index contributed by atoms with van der Waals surface area (Å²) < 4.78 is 0. The number of hydrogen-bond acceptors (Lipinski definition) is 2. The van der Waals surface area contributed by atoms with Crippen molar-refractivity contribution in [3.05, 3.63) is 36.4 Å². The van der Waals surface area contributed by atoms with Gasteiger partial charge in [0.05, 0.1) is 0 Å². The highest BCUT2D eigenvalue weighted by molar-refractivity contribution is 5.92. The normalized spacial score (nSPS) is 8.47. The Morgan fingerprint density at radius 3 is 1.12 bits per heavy atom. The summed E-state index contributed by atoms with van der Waals surface area (Å²) in [5.41, 5.74) is 0. The average Bonchev–Trinajstić information content (AvgIpc) is 2.31. The van der Waals surface area contributed by atoms with Gasteiger partial charge in [-0.15, -0.1) is 0 Å². The van der Waals surface area contributed by atoms with E-state index in [-0.39, 0.29) is 0 Å². The zero-order chi connectivity index (χ0) is 13.3. The first-order valence-corrected chi connectivity index (χ1v) is 5.14. The van der Waals surface area contributed by atoms with Gasteiger partial charge in [-0.25, -0.2) is 9.59 Å². The van der Waals surface area contributed by atoms with Crippen LogP contribution in [0.4, 0.5) is 9.59 Å². The molecule has 0 aliphatic carbocycles. The third kappa shape index (κ3) is 7.84. The maximum Gasteiger partial charge on any atom is 0.324 e. The molecule has 0 atom stereocenters. The highest BCUT2D eigenvalue weighted by atomic mass is 16.2. The number of nitrogens with one attached hydrogen (secondary N) is 1. The summed E-state index contributed by atoms with van der Waals surface area (Å²) in [4.78, 5) is 24.2. The van der Waals surface area contributed by atoms with Gasteiger partial charge < -0.3 is 9.80 Å². The summed E-state index contributed by atoms with van der Waals surface area (Å²) in [6.07, 6.45) is 0. The predicted molar refractivity (Wildman–Crippen MR) is 67.7 cm³/mol. The second-order valence-corrected chi connectivity index (χ2v) is 3.68. The molecule has 0 aromatic heterocycles. The second kappa shape index (κ2) is 8.15. The van der Waals surface area contributed by atoms with E-state index in [1.165, 1.54) is 9.80 Å². The second-order valence-electron chi connectivity index (χ2n) is 3.68. The van der Waals surface area contributed by atoms with Gasteiger partial charge in [-0.2, -0.15) is 0 Å². The Labute approximate surface area is 102 Å². The zero-order valence-corrected chi connectivity index (χ0v) is 10.7. The topological polar surface area (TPSA) is 52.7 Å². The lowest BCUT2D eigenvalue weighted by Gasteiger charge is -2.14. The Kier molecular flexibility index (Phi) is 7.17. The number of urea groups is 2. The zero-order valence-electron chi connectivity index (χ0n) is 10.7. The summed E-state index contributed by atoms with van der Waals surface area (Å²) in [5, 5.41) is 2.15. The molecule has 0 saturated heterocycles. The van der Waals surface area contributed by atoms with E-state index in [0.29, 0.717) is 0 Å². The fourth-order valence-electron chi connectivity index (χ4n) is 0.700. The van der Waals surface area contributed by atoms with E-state index >= 15 is 0 Å². The number of nitrogens with zero attached hydrogens (tertiary/aromatic N) is 2. The fraction of sp³-hybridized carbons (Fsp3) is 0.333. The molecule has 5 heteroatoms. The number of imide groups is 1. The monoisotopic (exact) mass is 237 g/mol. The third-order valence-corrected chi connectivity index (χ3v) is 1.69. The van der Waals surface area contributed by atoms with Crippen LogP contribution in [0.3, 0.4) is 0 Å². The molecule has 0 aliphatic rings. The summed E-state index contributed by atoms with van der Waals surface area (Å²) in [7, 11) is 6.27. The molecule has 1 N–H and O–H groups in total. The number of carbonyl (C=O) groups excluding carboxylic acids is 2. The lowest BCUT2D eigenvalue weighted by atomic mass is 10.4. The van der Waals surface area contributed by atoms with E-state index in [2.05, 4.69) is 5.32 Å². The Balaban J connectivity index is 0.000000354. The van der Waals surface area contributed by atoms with Gasteiger partial charge in [0.1, 0.15) is 0 Å². The Morgan fingerprint density at radius 2 is 0.941 bits per heavy atom. The van der Waals surface area contributed by atoms with Crippen LogP contribution in [0, 0.1) is 0 Å². The smallest absolute Gasteiger partial charge is 0.324 e. The van der Waals surface area contributed by atoms with Gasteiger partial charge >= 0.3 is 12.1 Å². The fourth-order valence-corrected chi connectivity index (χ4v) is 0.700. The highest BCUT2D eigenvalue weighted by Crippen LogP contribution is 1.81. The molecule has 0 unspecified atom stereocenters. The number of amides is 4. The van der Waals surface area contributed by atoms with Gasteiger partial charge in [0, 0.05) is 28.2 Å². The molecular weight excluding hydrogens is 218 g/mol. The van der Waals surface area contributed by atoms with Gasteiger partial charge in [-0.1, -0.05) is 36.4 Å². The van der Waals surface area contributed by atoms with Crippen LogP contribution in [-0.4, -0.2) is 50.1 Å². The van der Waals surface area contributed by atoms with E-state index in [1.807, 2.05) is 36.4 Å². The molecule has 0 spiro atoms. The van der Waals surface area contributed by atoms with Crippen molar-refractivity contribution in [2.45, 2.75) is 0 Å². The predicted octanol–water partition coefficient (Wildman–Crippen LogP) is 1.63. The SMILES string of the molecule is CN(C)C(=O)NC(=O)N(C)C.c1ccccc1. The molecule has 1 aromatic carbocycles. The summed E-state index contributed by atoms with van der Waals surface area (Å²) in [5.74, 6) is 0. The molecule has 0 bridgehead atoms. The van der Waals surface area contributed by atoms with Crippen LogP contribution in [0.15, 0.2) is 36.4 Å². The molecule has 5 nitrogen and oxygen atoms in total. The van der Waals surface area contributed by atoms with Crippen LogP contribution in [0.2, 0.25) is 0 Å². The Bertz CT molecular complexity index is 292. The van der Waals surface area contributed by atoms with Gasteiger partial charge in [0.25, 0.3) is 0 Å². The highest BCUT2D eigenvalue weighted by Gasteiger charge is 2.09. The van der Waals surface area contributed by atoms with Crippen molar-refractivity contribution in [3.8, 4) is 0 Å². The van der Waals surface area contributed by atoms with E-state index in [9.17, 15) is 9.59 Å². The number of benzene rings is 1. The summed E-state index contributed by atoms with van der Waals surface area (Å²) >= 11 is 0. The van der Waals surface area contributed by atoms with Crippen molar-refractivity contribution in [3.63, 3.8) is 0 Å². The molecule has 4 amide bonds. The lowest BCUT2D eigenvalue weighted by Crippen LogP contribution is -2.43. The van der Waals surface area contributed by atoms with Crippen LogP contribution in [0.25, 0.3) is 0 Å². The van der Waals surface area contributed by atoms with Crippen LogP contribution in [0.5, 0.6) is 0 Å². The van der Waals surface area contributed by atoms with Crippen LogP contribution >= 0.6 is 0 Å². The molecule has 1 rings (SSSR count). The van der Waals surface area contributed by atoms with Crippen LogP contribution in [-0.2, 0) is 0 Å². The van der Waals surface area contributed by atoms with Crippen molar-refractivity contribution in [1.82, 2.24) is 15.1 Å². The maximum atomic E-state index is 10.8. The molecule has 94 valence electrons. The summed E-state index contributed by atoms with van der Waals surface area (Å²) in [6, 6.07) is 11.2. The average molecular weight is 237 g/mol. The number of hydrogen-bond donors (Lipinski definition) is 1. The quantitative estimate of drug-likeness (QED) is 0.745. The van der Waals surface area contributed by atoms with Crippen molar-refractivity contribution >= 4 is 12.1 Å². The first kappa shape index (κ1) is 15.0. The number of carbonyl (C=O) groups is 2. The van der Waals surface area contributed by atoms with E-state index in [1.54, 1.807) is 28.2 Å². The largest absolute Gasteiger partial charge is 0.331 e. The van der Waals surface area contributed by atoms with Gasteiger partial charge in [-0.3, -0.25) is 5.32 Å². The number of rotatable bonds is 0. The molecule has 17 heavy (non-hydrogen) atoms. The minimum Gasteiger partial charge on any atom is -0.331 e. The van der Waals surface area contributed by atoms with Crippen LogP contribution in [0.1, 0.15) is 0 Å². The molecule has 0 aliphatic heterocycles. The maximum absolute atomic E-state index is 10.8. The van der Waals surface area contributed by atoms with Gasteiger partial charge in [0.2, 0.25) is 0 Å². The lowest BCUT2D eigenvalue weighted by molar-refractivity contribution is 0.200. The van der Waals surface area contributed by atoms with Crippen molar-refractivity contribution < 1.29 is 9.59 Å². The third-order valence-electron chi connectivity index (χ3n) is 1.69. The van der Waals surface area contributed by atoms with E-state index in [4.69, 9.17) is 0 Å². The van der Waals surface area contributed by atoms with Crippen LogP contribution < -0.4 is 5.32 Å². The minimum absolute atomic E-state index is 0.413. The molecule has 1 aromatic rings. The molecule has 0 saturated carbocycles. The standard InChI is InChI=1S/C6H13N3O2.C6H6/c1-8(2)5(10)7-6(11)9(3)4;1-2-4-6-5-3-1/h1-4H3,(H,7,10,11);1-6H. The molecular formula is C12H19N3O2. The van der Waals surface area contributed by atoms with Gasteiger partial charge in [0.15, 0.2) is 0 Å². The molecule has 0 heterocycles. The van der Waals surface area contributed by atoms with Crippen molar-refractivity contribution in [2.24, 2.45) is 0 Å². The Morgan fingerprint density at radius 1 is 0.706 bits per heavy atom. The molecule has 0 fully saturated rings. The summed E-state index contributed by atoms with van der Waals surface area (Å²) in [6.45, 7) is 0. The first-order chi connectivity index (χ1) is 7.95. The van der Waals surface area contributed by atoms with E-state index < -0.39 is 12.1 Å². The minimum atomic E-state index is -0.413. The van der Waals surface area contributed by atoms with Gasteiger partial charge in [-0.05, 0) is 0 Å². The molecule has 0 radical (unpaired) electrons. The van der Waals surface area contributed by atoms with E-state index in [0.717, 1.165) is 0 Å². The first-order valence-electron chi connectivity index (χ1n) is 5.14. The van der Waals surface area contributed by atoms with Crippen molar-refractivity contribution in [1.29, 1.82) is 0 Å². The Hall–Kier alpha value is -2.04. The van der Waals surface area contributed by atoms with Crippen molar-refractivity contribution in [2.75, 3.05) is 28.2 Å².